The van der Waals surface area contributed by atoms with E-state index in [-0.39, 0.29) is 0 Å². The molecule has 0 aromatic carbocycles. The number of aryl methyl sites for hydroxylation is 2. The molecule has 5 nitrogen and oxygen atoms in total. The van der Waals surface area contributed by atoms with Crippen LogP contribution in [0.4, 0.5) is 0 Å². The van der Waals surface area contributed by atoms with Crippen molar-refractivity contribution in [3.63, 3.8) is 0 Å². The highest BCUT2D eigenvalue weighted by Gasteiger charge is 2.27. The van der Waals surface area contributed by atoms with E-state index in [1.165, 1.54) is 23.2 Å². The van der Waals surface area contributed by atoms with Crippen molar-refractivity contribution >= 4 is 21.6 Å². The van der Waals surface area contributed by atoms with E-state index in [9.17, 15) is 0 Å². The Kier molecular flexibility index (Phi) is 6.09. The van der Waals surface area contributed by atoms with Crippen LogP contribution in [0.1, 0.15) is 54.2 Å². The van der Waals surface area contributed by atoms with E-state index in [1.54, 1.807) is 0 Å². The van der Waals surface area contributed by atoms with Gasteiger partial charge in [0, 0.05) is 29.6 Å². The maximum Gasteiger partial charge on any atom is 0.140 e. The second kappa shape index (κ2) is 8.72. The molecule has 0 fully saturated rings. The normalized spacial score (nSPS) is 16.6. The van der Waals surface area contributed by atoms with Gasteiger partial charge in [-0.3, -0.25) is 9.88 Å². The van der Waals surface area contributed by atoms with Crippen LogP contribution in [0.2, 0.25) is 0 Å². The van der Waals surface area contributed by atoms with E-state index >= 15 is 0 Å². The number of halogens is 1. The molecule has 1 atom stereocenters. The molecule has 3 aromatic rings. The highest BCUT2D eigenvalue weighted by molar-refractivity contribution is 9.10. The van der Waals surface area contributed by atoms with Gasteiger partial charge in [-0.1, -0.05) is 6.07 Å². The van der Waals surface area contributed by atoms with Gasteiger partial charge in [0.15, 0.2) is 0 Å². The van der Waals surface area contributed by atoms with Gasteiger partial charge in [-0.05, 0) is 91.3 Å². The number of unbranched alkanes of at least 4 members (excludes halogenated alkanes) is 1. The number of nitrogens with zero attached hydrogens (tertiary/aromatic N) is 4. The molecular formula is C22H28BrN5. The highest BCUT2D eigenvalue weighted by atomic mass is 79.9. The summed E-state index contributed by atoms with van der Waals surface area (Å²) in [5.41, 5.74) is 11.7. The van der Waals surface area contributed by atoms with Crippen molar-refractivity contribution in [3.8, 4) is 0 Å². The SMILES string of the molecule is Cc1cc(Br)cn2cc(CN(CCCCN)C3CCCc4cccnc43)nc12. The molecule has 0 saturated heterocycles. The minimum absolute atomic E-state index is 0.361. The first-order valence-corrected chi connectivity index (χ1v) is 11.0. The summed E-state index contributed by atoms with van der Waals surface area (Å²) in [6.07, 6.45) is 11.8. The summed E-state index contributed by atoms with van der Waals surface area (Å²) in [6, 6.07) is 6.77. The zero-order valence-electron chi connectivity index (χ0n) is 16.4. The summed E-state index contributed by atoms with van der Waals surface area (Å²) in [5, 5.41) is 0. The number of hydrogen-bond acceptors (Lipinski definition) is 4. The number of hydrogen-bond donors (Lipinski definition) is 1. The zero-order chi connectivity index (χ0) is 19.5. The number of nitrogens with two attached hydrogens (primary N) is 1. The Balaban J connectivity index is 1.63. The predicted octanol–water partition coefficient (Wildman–Crippen LogP) is 4.42. The molecule has 0 amide bonds. The molecule has 0 spiro atoms. The fraction of sp³-hybridized carbons (Fsp3) is 0.455. The molecular weight excluding hydrogens is 414 g/mol. The van der Waals surface area contributed by atoms with Gasteiger partial charge in [0.05, 0.1) is 17.4 Å². The minimum atomic E-state index is 0.361. The lowest BCUT2D eigenvalue weighted by Gasteiger charge is -2.34. The quantitative estimate of drug-likeness (QED) is 0.551. The molecule has 1 aliphatic rings. The molecule has 0 bridgehead atoms. The third-order valence-electron chi connectivity index (χ3n) is 5.62. The number of aromatic nitrogens is 3. The molecule has 4 rings (SSSR count). The predicted molar refractivity (Wildman–Crippen MR) is 116 cm³/mol. The molecule has 2 N–H and O–H groups in total. The molecule has 0 saturated carbocycles. The van der Waals surface area contributed by atoms with E-state index in [1.807, 2.05) is 6.20 Å². The first kappa shape index (κ1) is 19.6. The zero-order valence-corrected chi connectivity index (χ0v) is 18.0. The van der Waals surface area contributed by atoms with E-state index in [0.29, 0.717) is 6.04 Å². The van der Waals surface area contributed by atoms with Gasteiger partial charge in [0.25, 0.3) is 0 Å². The van der Waals surface area contributed by atoms with Crippen LogP contribution in [0.15, 0.2) is 41.3 Å². The second-order valence-electron chi connectivity index (χ2n) is 7.73. The Hall–Kier alpha value is -1.76. The Labute approximate surface area is 175 Å². The van der Waals surface area contributed by atoms with Gasteiger partial charge in [-0.15, -0.1) is 0 Å². The summed E-state index contributed by atoms with van der Waals surface area (Å²) >= 11 is 3.59. The lowest BCUT2D eigenvalue weighted by atomic mass is 9.90. The largest absolute Gasteiger partial charge is 0.330 e. The maximum atomic E-state index is 5.75. The van der Waals surface area contributed by atoms with Gasteiger partial charge >= 0.3 is 0 Å². The third kappa shape index (κ3) is 4.14. The number of pyridine rings is 2. The van der Waals surface area contributed by atoms with Crippen LogP contribution in [-0.2, 0) is 13.0 Å². The Morgan fingerprint density at radius 3 is 3.07 bits per heavy atom. The van der Waals surface area contributed by atoms with Crippen molar-refractivity contribution in [1.82, 2.24) is 19.3 Å². The number of fused-ring (bicyclic) bond motifs is 2. The third-order valence-corrected chi connectivity index (χ3v) is 6.06. The van der Waals surface area contributed by atoms with E-state index in [2.05, 4.69) is 62.7 Å². The first-order valence-electron chi connectivity index (χ1n) is 10.2. The molecule has 0 aliphatic heterocycles. The van der Waals surface area contributed by atoms with Gasteiger partial charge < -0.3 is 10.1 Å². The van der Waals surface area contributed by atoms with Gasteiger partial charge in [-0.2, -0.15) is 0 Å². The second-order valence-corrected chi connectivity index (χ2v) is 8.64. The summed E-state index contributed by atoms with van der Waals surface area (Å²) in [7, 11) is 0. The molecule has 3 aromatic heterocycles. The molecule has 1 aliphatic carbocycles. The van der Waals surface area contributed by atoms with Crippen molar-refractivity contribution in [2.24, 2.45) is 5.73 Å². The average molecular weight is 442 g/mol. The molecule has 0 radical (unpaired) electrons. The van der Waals surface area contributed by atoms with Crippen LogP contribution in [0.25, 0.3) is 5.65 Å². The van der Waals surface area contributed by atoms with Gasteiger partial charge in [-0.25, -0.2) is 4.98 Å². The summed E-state index contributed by atoms with van der Waals surface area (Å²) in [5.74, 6) is 0. The fourth-order valence-electron chi connectivity index (χ4n) is 4.30. The van der Waals surface area contributed by atoms with Crippen LogP contribution in [-0.4, -0.2) is 32.4 Å². The van der Waals surface area contributed by atoms with Crippen molar-refractivity contribution in [2.75, 3.05) is 13.1 Å². The van der Waals surface area contributed by atoms with Crippen LogP contribution in [0.5, 0.6) is 0 Å². The van der Waals surface area contributed by atoms with E-state index in [4.69, 9.17) is 15.7 Å². The standard InChI is InChI=1S/C22H28BrN5/c1-16-12-18(23)13-28-15-19(26-22(16)28)14-27(11-3-2-9-24)20-8-4-6-17-7-5-10-25-21(17)20/h5,7,10,12-13,15,20H,2-4,6,8-9,11,14,24H2,1H3. The Bertz CT molecular complexity index is 951. The van der Waals surface area contributed by atoms with Crippen LogP contribution in [0, 0.1) is 6.92 Å². The Morgan fingerprint density at radius 1 is 1.32 bits per heavy atom. The van der Waals surface area contributed by atoms with Crippen LogP contribution < -0.4 is 5.73 Å². The molecule has 28 heavy (non-hydrogen) atoms. The Morgan fingerprint density at radius 2 is 2.21 bits per heavy atom. The smallest absolute Gasteiger partial charge is 0.140 e. The monoisotopic (exact) mass is 441 g/mol. The number of imidazole rings is 1. The van der Waals surface area contributed by atoms with Crippen molar-refractivity contribution in [3.05, 3.63) is 63.8 Å². The molecule has 148 valence electrons. The minimum Gasteiger partial charge on any atom is -0.330 e. The van der Waals surface area contributed by atoms with Gasteiger partial charge in [0.1, 0.15) is 5.65 Å². The summed E-state index contributed by atoms with van der Waals surface area (Å²) in [4.78, 5) is 12.3. The van der Waals surface area contributed by atoms with E-state index < -0.39 is 0 Å². The van der Waals surface area contributed by atoms with Crippen LogP contribution >= 0.6 is 15.9 Å². The lowest BCUT2D eigenvalue weighted by Crippen LogP contribution is -2.33. The van der Waals surface area contributed by atoms with Gasteiger partial charge in [0.2, 0.25) is 0 Å². The maximum absolute atomic E-state index is 5.75. The number of rotatable bonds is 7. The van der Waals surface area contributed by atoms with E-state index in [0.717, 1.165) is 61.1 Å². The van der Waals surface area contributed by atoms with Crippen LogP contribution in [0.3, 0.4) is 0 Å². The molecule has 1 unspecified atom stereocenters. The summed E-state index contributed by atoms with van der Waals surface area (Å²) in [6.45, 7) is 4.71. The first-order chi connectivity index (χ1) is 13.7. The van der Waals surface area contributed by atoms with Crippen molar-refractivity contribution < 1.29 is 0 Å². The highest BCUT2D eigenvalue weighted by Crippen LogP contribution is 2.34. The topological polar surface area (TPSA) is 59.5 Å². The van der Waals surface area contributed by atoms with Crippen molar-refractivity contribution in [1.29, 1.82) is 0 Å². The van der Waals surface area contributed by atoms with Crippen molar-refractivity contribution in [2.45, 2.75) is 51.6 Å². The lowest BCUT2D eigenvalue weighted by molar-refractivity contribution is 0.161. The average Bonchev–Trinajstić information content (AvgIpc) is 3.10. The molecule has 3 heterocycles. The molecule has 6 heteroatoms. The fourth-order valence-corrected chi connectivity index (χ4v) is 4.87. The summed E-state index contributed by atoms with van der Waals surface area (Å²) < 4.78 is 3.20.